The molecule has 1 aromatic carbocycles. The summed E-state index contributed by atoms with van der Waals surface area (Å²) in [5, 5.41) is 2.91. The highest BCUT2D eigenvalue weighted by molar-refractivity contribution is 5.90. The maximum atomic E-state index is 13.8. The Bertz CT molecular complexity index is 1610. The number of carbonyl (C=O) groups is 2. The first-order valence-corrected chi connectivity index (χ1v) is 14.3. The molecule has 1 aliphatic heterocycles. The normalized spacial score (nSPS) is 16.5. The third-order valence-corrected chi connectivity index (χ3v) is 7.68. The molecule has 2 aliphatic rings. The fourth-order valence-corrected chi connectivity index (χ4v) is 5.19. The number of nitrogens with zero attached hydrogens (tertiary/aromatic N) is 4. The van der Waals surface area contributed by atoms with Crippen molar-refractivity contribution in [1.82, 2.24) is 19.9 Å². The number of alkyl halides is 3. The summed E-state index contributed by atoms with van der Waals surface area (Å²) in [6.07, 6.45) is -0.211. The van der Waals surface area contributed by atoms with E-state index in [0.29, 0.717) is 48.9 Å². The maximum Gasteiger partial charge on any atom is 0.420 e. The van der Waals surface area contributed by atoms with Gasteiger partial charge in [-0.05, 0) is 76.1 Å². The SMILES string of the molecule is CC(C)(C)OC(=O)N1CCC(c2ccc(Nc3ncc(C(F)(F)F)c(C#Cc4ccccc4C4(C(N)=O)CC4)n3)cn2)CC1. The summed E-state index contributed by atoms with van der Waals surface area (Å²) < 4.78 is 46.9. The van der Waals surface area contributed by atoms with Gasteiger partial charge in [-0.3, -0.25) is 9.78 Å². The molecule has 1 saturated heterocycles. The molecule has 0 bridgehead atoms. The van der Waals surface area contributed by atoms with Gasteiger partial charge in [0, 0.05) is 36.5 Å². The molecule has 3 heterocycles. The van der Waals surface area contributed by atoms with Crippen molar-refractivity contribution in [2.75, 3.05) is 18.4 Å². The maximum absolute atomic E-state index is 13.8. The molecule has 0 spiro atoms. The van der Waals surface area contributed by atoms with Crippen molar-refractivity contribution in [3.05, 3.63) is 76.9 Å². The number of hydrogen-bond donors (Lipinski definition) is 2. The Balaban J connectivity index is 1.31. The lowest BCUT2D eigenvalue weighted by Gasteiger charge is -2.33. The van der Waals surface area contributed by atoms with E-state index in [9.17, 15) is 22.8 Å². The Morgan fingerprint density at radius 1 is 1.02 bits per heavy atom. The van der Waals surface area contributed by atoms with Crippen LogP contribution in [0.25, 0.3) is 0 Å². The van der Waals surface area contributed by atoms with Gasteiger partial charge in [0.05, 0.1) is 17.3 Å². The number of hydrogen-bond acceptors (Lipinski definition) is 7. The van der Waals surface area contributed by atoms with Crippen LogP contribution in [0.4, 0.5) is 29.6 Å². The molecule has 0 atom stereocenters. The molecule has 230 valence electrons. The van der Waals surface area contributed by atoms with Gasteiger partial charge in [-0.2, -0.15) is 13.2 Å². The van der Waals surface area contributed by atoms with E-state index in [0.717, 1.165) is 18.5 Å². The lowest BCUT2D eigenvalue weighted by atomic mass is 9.91. The van der Waals surface area contributed by atoms with Crippen LogP contribution in [0.15, 0.2) is 48.8 Å². The summed E-state index contributed by atoms with van der Waals surface area (Å²) in [6, 6.07) is 10.4. The van der Waals surface area contributed by atoms with Crippen molar-refractivity contribution >= 4 is 23.6 Å². The zero-order chi connectivity index (χ0) is 31.7. The zero-order valence-corrected chi connectivity index (χ0v) is 24.7. The molecule has 44 heavy (non-hydrogen) atoms. The number of piperidine rings is 1. The van der Waals surface area contributed by atoms with Crippen molar-refractivity contribution in [1.29, 1.82) is 0 Å². The van der Waals surface area contributed by atoms with E-state index in [1.165, 1.54) is 0 Å². The Labute approximate surface area is 253 Å². The number of likely N-dealkylation sites (tertiary alicyclic amines) is 1. The molecular weight excluding hydrogens is 573 g/mol. The summed E-state index contributed by atoms with van der Waals surface area (Å²) in [6.45, 7) is 6.60. The first-order chi connectivity index (χ1) is 20.7. The van der Waals surface area contributed by atoms with E-state index in [-0.39, 0.29) is 18.0 Å². The summed E-state index contributed by atoms with van der Waals surface area (Å²) in [4.78, 5) is 38.6. The van der Waals surface area contributed by atoms with Gasteiger partial charge in [0.25, 0.3) is 0 Å². The minimum Gasteiger partial charge on any atom is -0.444 e. The predicted molar refractivity (Wildman–Crippen MR) is 157 cm³/mol. The molecule has 3 aromatic rings. The number of primary amides is 1. The number of carbonyl (C=O) groups excluding carboxylic acids is 2. The second-order valence-corrected chi connectivity index (χ2v) is 12.0. The predicted octanol–water partition coefficient (Wildman–Crippen LogP) is 5.67. The fraction of sp³-hybridized carbons (Fsp3) is 0.406. The molecule has 5 rings (SSSR count). The monoisotopic (exact) mass is 606 g/mol. The molecule has 0 radical (unpaired) electrons. The molecule has 0 unspecified atom stereocenters. The average Bonchev–Trinajstić information content (AvgIpc) is 3.78. The standard InChI is InChI=1S/C32H33F3N6O3/c1-30(2,3)44-29(43)41-16-12-21(13-17-41)25-11-9-22(18-37-25)39-28-38-19-24(32(33,34)35)26(40-28)10-8-20-6-4-5-7-23(20)31(14-15-31)27(36)42/h4-7,9,11,18-19,21H,12-17H2,1-3H3,(H2,36,42)(H,38,39,40). The first-order valence-electron chi connectivity index (χ1n) is 14.3. The van der Waals surface area contributed by atoms with Gasteiger partial charge < -0.3 is 20.7 Å². The topological polar surface area (TPSA) is 123 Å². The molecule has 2 amide bonds. The zero-order valence-electron chi connectivity index (χ0n) is 24.7. The number of benzene rings is 1. The Morgan fingerprint density at radius 3 is 2.32 bits per heavy atom. The summed E-state index contributed by atoms with van der Waals surface area (Å²) in [5.74, 6) is 4.92. The number of ether oxygens (including phenoxy) is 1. The summed E-state index contributed by atoms with van der Waals surface area (Å²) >= 11 is 0. The van der Waals surface area contributed by atoms with Gasteiger partial charge >= 0.3 is 12.3 Å². The highest BCUT2D eigenvalue weighted by Gasteiger charge is 2.51. The van der Waals surface area contributed by atoms with Crippen molar-refractivity contribution < 1.29 is 27.5 Å². The van der Waals surface area contributed by atoms with Crippen molar-refractivity contribution in [2.24, 2.45) is 5.73 Å². The first kappa shape index (κ1) is 30.8. The van der Waals surface area contributed by atoms with Crippen LogP contribution in [-0.2, 0) is 21.1 Å². The van der Waals surface area contributed by atoms with Crippen LogP contribution < -0.4 is 11.1 Å². The number of nitrogens with one attached hydrogen (secondary N) is 1. The molecule has 12 heteroatoms. The van der Waals surface area contributed by atoms with E-state index in [2.05, 4.69) is 32.1 Å². The molecular formula is C32H33F3N6O3. The smallest absolute Gasteiger partial charge is 0.420 e. The van der Waals surface area contributed by atoms with Crippen LogP contribution in [0.2, 0.25) is 0 Å². The van der Waals surface area contributed by atoms with E-state index < -0.39 is 34.4 Å². The molecule has 1 aliphatic carbocycles. The Morgan fingerprint density at radius 2 is 1.73 bits per heavy atom. The van der Waals surface area contributed by atoms with E-state index in [1.807, 2.05) is 26.8 Å². The molecule has 1 saturated carbocycles. The van der Waals surface area contributed by atoms with Crippen LogP contribution in [0.3, 0.4) is 0 Å². The number of pyridine rings is 1. The molecule has 3 N–H and O–H groups in total. The van der Waals surface area contributed by atoms with E-state index in [1.54, 1.807) is 41.4 Å². The number of aromatic nitrogens is 3. The number of amides is 2. The Hall–Kier alpha value is -4.66. The van der Waals surface area contributed by atoms with Crippen LogP contribution in [0, 0.1) is 11.8 Å². The molecule has 2 fully saturated rings. The quantitative estimate of drug-likeness (QED) is 0.359. The number of halogens is 3. The highest BCUT2D eigenvalue weighted by Crippen LogP contribution is 2.49. The molecule has 2 aromatic heterocycles. The van der Waals surface area contributed by atoms with E-state index in [4.69, 9.17) is 10.5 Å². The van der Waals surface area contributed by atoms with Crippen molar-refractivity contribution in [3.8, 4) is 11.8 Å². The number of rotatable bonds is 5. The van der Waals surface area contributed by atoms with Crippen LogP contribution in [0.1, 0.15) is 80.5 Å². The van der Waals surface area contributed by atoms with Gasteiger partial charge in [-0.25, -0.2) is 14.8 Å². The van der Waals surface area contributed by atoms with Gasteiger partial charge in [-0.15, -0.1) is 0 Å². The number of anilines is 2. The van der Waals surface area contributed by atoms with Gasteiger partial charge in [0.1, 0.15) is 16.9 Å². The summed E-state index contributed by atoms with van der Waals surface area (Å²) in [7, 11) is 0. The van der Waals surface area contributed by atoms with Crippen LogP contribution in [0.5, 0.6) is 0 Å². The van der Waals surface area contributed by atoms with Gasteiger partial charge in [-0.1, -0.05) is 24.1 Å². The van der Waals surface area contributed by atoms with Gasteiger partial charge in [0.15, 0.2) is 0 Å². The van der Waals surface area contributed by atoms with E-state index >= 15 is 0 Å². The van der Waals surface area contributed by atoms with Crippen LogP contribution >= 0.6 is 0 Å². The minimum absolute atomic E-state index is 0.0772. The fourth-order valence-electron chi connectivity index (χ4n) is 5.19. The Kier molecular flexibility index (Phi) is 8.25. The van der Waals surface area contributed by atoms with Gasteiger partial charge in [0.2, 0.25) is 11.9 Å². The third-order valence-electron chi connectivity index (χ3n) is 7.68. The second-order valence-electron chi connectivity index (χ2n) is 12.0. The lowest BCUT2D eigenvalue weighted by Crippen LogP contribution is -2.41. The largest absolute Gasteiger partial charge is 0.444 e. The molecule has 9 nitrogen and oxygen atoms in total. The lowest BCUT2D eigenvalue weighted by molar-refractivity contribution is -0.138. The van der Waals surface area contributed by atoms with Crippen LogP contribution in [-0.4, -0.2) is 50.5 Å². The number of nitrogens with two attached hydrogens (primary N) is 1. The summed E-state index contributed by atoms with van der Waals surface area (Å²) in [5.41, 5.74) is 4.99. The second kappa shape index (κ2) is 11.8. The highest BCUT2D eigenvalue weighted by atomic mass is 19.4. The van der Waals surface area contributed by atoms with Crippen molar-refractivity contribution in [2.45, 2.75) is 69.6 Å². The average molecular weight is 607 g/mol. The minimum atomic E-state index is -4.73. The van der Waals surface area contributed by atoms with Crippen molar-refractivity contribution in [3.63, 3.8) is 0 Å². The third kappa shape index (κ3) is 6.93.